The van der Waals surface area contributed by atoms with Gasteiger partial charge in [-0.2, -0.15) is 0 Å². The molecule has 1 aliphatic rings. The maximum atomic E-state index is 10.7. The first-order chi connectivity index (χ1) is 7.58. The van der Waals surface area contributed by atoms with Gasteiger partial charge in [-0.15, -0.1) is 0 Å². The van der Waals surface area contributed by atoms with Crippen LogP contribution >= 0.6 is 0 Å². The van der Waals surface area contributed by atoms with E-state index in [4.69, 9.17) is 9.47 Å². The van der Waals surface area contributed by atoms with E-state index in [1.54, 1.807) is 0 Å². The predicted molar refractivity (Wildman–Crippen MR) is 62.8 cm³/mol. The lowest BCUT2D eigenvalue weighted by atomic mass is 9.83. The van der Waals surface area contributed by atoms with Crippen molar-refractivity contribution in [3.05, 3.63) is 12.3 Å². The average Bonchev–Trinajstić information content (AvgIpc) is 2.25. The molecule has 0 aliphatic heterocycles. The Morgan fingerprint density at radius 1 is 1.06 bits per heavy atom. The highest BCUT2D eigenvalue weighted by Crippen LogP contribution is 2.29. The lowest BCUT2D eigenvalue weighted by Gasteiger charge is -2.27. The molecule has 1 fully saturated rings. The number of carbonyl (C=O) groups excluding carboxylic acids is 1. The lowest BCUT2D eigenvalue weighted by Crippen LogP contribution is -2.22. The third-order valence-electron chi connectivity index (χ3n) is 3.05. The molecule has 0 radical (unpaired) electrons. The Labute approximate surface area is 97.8 Å². The minimum absolute atomic E-state index is 0.173. The molecule has 0 aromatic rings. The van der Waals surface area contributed by atoms with E-state index >= 15 is 0 Å². The van der Waals surface area contributed by atoms with Crippen LogP contribution in [0.2, 0.25) is 0 Å². The fourth-order valence-electron chi connectivity index (χ4n) is 2.06. The highest BCUT2D eigenvalue weighted by atomic mass is 16.5. The minimum Gasteiger partial charge on any atom is -0.499 e. The molecule has 16 heavy (non-hydrogen) atoms. The zero-order chi connectivity index (χ0) is 12.0. The molecule has 1 rings (SSSR count). The smallest absolute Gasteiger partial charge is 0.302 e. The number of allylic oxidation sites excluding steroid dienone is 1. The quantitative estimate of drug-likeness (QED) is 0.534. The highest BCUT2D eigenvalue weighted by Gasteiger charge is 2.22. The van der Waals surface area contributed by atoms with Gasteiger partial charge in [-0.25, -0.2) is 0 Å². The second kappa shape index (κ2) is 6.56. The lowest BCUT2D eigenvalue weighted by molar-refractivity contribution is -0.142. The Kier molecular flexibility index (Phi) is 5.36. The molecule has 1 saturated carbocycles. The van der Waals surface area contributed by atoms with Crippen LogP contribution in [0.1, 0.15) is 39.5 Å². The van der Waals surface area contributed by atoms with Gasteiger partial charge in [-0.1, -0.05) is 6.58 Å². The summed E-state index contributed by atoms with van der Waals surface area (Å²) >= 11 is 0. The van der Waals surface area contributed by atoms with Gasteiger partial charge in [-0.3, -0.25) is 4.79 Å². The summed E-state index contributed by atoms with van der Waals surface area (Å²) in [6, 6.07) is 0. The Morgan fingerprint density at radius 2 is 1.50 bits per heavy atom. The van der Waals surface area contributed by atoms with Crippen LogP contribution in [-0.2, 0) is 14.3 Å². The maximum absolute atomic E-state index is 10.7. The summed E-state index contributed by atoms with van der Waals surface area (Å²) in [7, 11) is 0. The molecule has 0 unspecified atom stereocenters. The van der Waals surface area contributed by atoms with Crippen molar-refractivity contribution in [1.82, 2.24) is 0 Å². The van der Waals surface area contributed by atoms with E-state index in [1.165, 1.54) is 19.8 Å². The first kappa shape index (κ1) is 13.1. The minimum atomic E-state index is -0.173. The molecule has 0 saturated heterocycles. The van der Waals surface area contributed by atoms with Gasteiger partial charge < -0.3 is 9.47 Å². The third kappa shape index (κ3) is 5.19. The number of rotatable bonds is 5. The van der Waals surface area contributed by atoms with Gasteiger partial charge in [0.2, 0.25) is 0 Å². The molecule has 92 valence electrons. The summed E-state index contributed by atoms with van der Waals surface area (Å²) in [5.41, 5.74) is 0. The molecular formula is C13H22O3. The van der Waals surface area contributed by atoms with Gasteiger partial charge in [0.25, 0.3) is 0 Å². The van der Waals surface area contributed by atoms with Crippen LogP contribution in [0.25, 0.3) is 0 Å². The van der Waals surface area contributed by atoms with Crippen LogP contribution in [0.3, 0.4) is 0 Å². The van der Waals surface area contributed by atoms with Crippen molar-refractivity contribution in [3.8, 4) is 0 Å². The van der Waals surface area contributed by atoms with Crippen LogP contribution in [-0.4, -0.2) is 19.2 Å². The van der Waals surface area contributed by atoms with E-state index in [1.807, 2.05) is 6.92 Å². The van der Waals surface area contributed by atoms with Gasteiger partial charge in [0.05, 0.1) is 19.0 Å². The van der Waals surface area contributed by atoms with Gasteiger partial charge >= 0.3 is 5.97 Å². The van der Waals surface area contributed by atoms with E-state index in [0.29, 0.717) is 18.4 Å². The van der Waals surface area contributed by atoms with E-state index in [9.17, 15) is 4.79 Å². The molecule has 0 N–H and O–H groups in total. The Hall–Kier alpha value is -0.990. The maximum Gasteiger partial charge on any atom is 0.302 e. The van der Waals surface area contributed by atoms with Crippen molar-refractivity contribution in [2.24, 2.45) is 11.8 Å². The molecule has 0 atom stereocenters. The number of carbonyl (C=O) groups is 1. The Balaban J connectivity index is 2.13. The molecule has 3 heteroatoms. The molecule has 1 aliphatic carbocycles. The normalized spacial score (nSPS) is 24.9. The summed E-state index contributed by atoms with van der Waals surface area (Å²) < 4.78 is 10.5. The zero-order valence-corrected chi connectivity index (χ0v) is 10.3. The molecule has 0 aromatic carbocycles. The van der Waals surface area contributed by atoms with E-state index in [0.717, 1.165) is 25.2 Å². The SMILES string of the molecule is C=C(C)OCC1CCC(COC(C)=O)CC1. The summed E-state index contributed by atoms with van der Waals surface area (Å²) in [5, 5.41) is 0. The number of esters is 1. The molecular weight excluding hydrogens is 204 g/mol. The van der Waals surface area contributed by atoms with Gasteiger partial charge in [0, 0.05) is 6.92 Å². The van der Waals surface area contributed by atoms with E-state index in [2.05, 4.69) is 6.58 Å². The molecule has 3 nitrogen and oxygen atoms in total. The first-order valence-electron chi connectivity index (χ1n) is 5.99. The summed E-state index contributed by atoms with van der Waals surface area (Å²) in [5.74, 6) is 1.81. The van der Waals surface area contributed by atoms with Crippen molar-refractivity contribution < 1.29 is 14.3 Å². The molecule has 0 amide bonds. The van der Waals surface area contributed by atoms with Crippen LogP contribution in [0.15, 0.2) is 12.3 Å². The van der Waals surface area contributed by atoms with Crippen molar-refractivity contribution in [1.29, 1.82) is 0 Å². The molecule has 0 heterocycles. The van der Waals surface area contributed by atoms with Crippen LogP contribution < -0.4 is 0 Å². The summed E-state index contributed by atoms with van der Waals surface area (Å²) in [6.07, 6.45) is 4.60. The van der Waals surface area contributed by atoms with E-state index < -0.39 is 0 Å². The fraction of sp³-hybridized carbons (Fsp3) is 0.769. The van der Waals surface area contributed by atoms with Crippen molar-refractivity contribution in [2.75, 3.05) is 13.2 Å². The topological polar surface area (TPSA) is 35.5 Å². The Morgan fingerprint density at radius 3 is 1.88 bits per heavy atom. The molecule has 0 aromatic heterocycles. The first-order valence-corrected chi connectivity index (χ1v) is 5.99. The van der Waals surface area contributed by atoms with Crippen LogP contribution in [0.4, 0.5) is 0 Å². The van der Waals surface area contributed by atoms with Crippen molar-refractivity contribution in [2.45, 2.75) is 39.5 Å². The van der Waals surface area contributed by atoms with Crippen LogP contribution in [0.5, 0.6) is 0 Å². The Bertz CT molecular complexity index is 214. The second-order valence-corrected chi connectivity index (χ2v) is 4.70. The third-order valence-corrected chi connectivity index (χ3v) is 3.05. The van der Waals surface area contributed by atoms with Crippen LogP contribution in [0, 0.1) is 11.8 Å². The second-order valence-electron chi connectivity index (χ2n) is 4.70. The number of hydrogen-bond acceptors (Lipinski definition) is 3. The largest absolute Gasteiger partial charge is 0.499 e. The fourth-order valence-corrected chi connectivity index (χ4v) is 2.06. The van der Waals surface area contributed by atoms with Gasteiger partial charge in [0.1, 0.15) is 0 Å². The monoisotopic (exact) mass is 226 g/mol. The molecule has 0 bridgehead atoms. The van der Waals surface area contributed by atoms with Crippen molar-refractivity contribution >= 4 is 5.97 Å². The van der Waals surface area contributed by atoms with E-state index in [-0.39, 0.29) is 5.97 Å². The number of hydrogen-bond donors (Lipinski definition) is 0. The highest BCUT2D eigenvalue weighted by molar-refractivity contribution is 5.65. The standard InChI is InChI=1S/C13H22O3/c1-10(2)15-8-12-4-6-13(7-5-12)9-16-11(3)14/h12-13H,1,4-9H2,2-3H3. The summed E-state index contributed by atoms with van der Waals surface area (Å²) in [6.45, 7) is 8.44. The summed E-state index contributed by atoms with van der Waals surface area (Å²) in [4.78, 5) is 10.7. The number of ether oxygens (including phenoxy) is 2. The van der Waals surface area contributed by atoms with Crippen molar-refractivity contribution in [3.63, 3.8) is 0 Å². The zero-order valence-electron chi connectivity index (χ0n) is 10.3. The van der Waals surface area contributed by atoms with Gasteiger partial charge in [0.15, 0.2) is 0 Å². The predicted octanol–water partition coefficient (Wildman–Crippen LogP) is 2.91. The molecule has 0 spiro atoms. The van der Waals surface area contributed by atoms with Gasteiger partial charge in [-0.05, 0) is 44.4 Å². The average molecular weight is 226 g/mol.